The minimum Gasteiger partial charge on any atom is -0.375 e. The van der Waals surface area contributed by atoms with Gasteiger partial charge in [0.15, 0.2) is 21.8 Å². The van der Waals surface area contributed by atoms with Crippen LogP contribution < -0.4 is 11.1 Å². The van der Waals surface area contributed by atoms with E-state index in [1.807, 2.05) is 39.0 Å². The number of nitrogens with two attached hydrogens (primary N) is 1. The van der Waals surface area contributed by atoms with Gasteiger partial charge in [0.1, 0.15) is 4.70 Å². The van der Waals surface area contributed by atoms with Crippen molar-refractivity contribution in [1.29, 1.82) is 0 Å². The van der Waals surface area contributed by atoms with Crippen molar-refractivity contribution in [1.82, 2.24) is 19.9 Å². The largest absolute Gasteiger partial charge is 0.469 e. The first-order chi connectivity index (χ1) is 14.6. The molecule has 2 atom stereocenters. The van der Waals surface area contributed by atoms with Gasteiger partial charge >= 0.3 is 7.82 Å². The van der Waals surface area contributed by atoms with Crippen LogP contribution >= 0.6 is 30.9 Å². The SMILES string of the molecule is CC(C)CC(COP(=O)(O)O)Nc1nc(SC(C)c2ccccn2)nc2nc(N)sc12. The van der Waals surface area contributed by atoms with Gasteiger partial charge in [0.05, 0.1) is 23.6 Å². The molecule has 0 fully saturated rings. The highest BCUT2D eigenvalue weighted by Gasteiger charge is 2.22. The van der Waals surface area contributed by atoms with Gasteiger partial charge in [0, 0.05) is 6.20 Å². The van der Waals surface area contributed by atoms with E-state index in [0.29, 0.717) is 32.9 Å². The molecule has 0 aliphatic rings. The third-order valence-corrected chi connectivity index (χ3v) is 6.53. The Balaban J connectivity index is 1.89. The number of nitrogens with zero attached hydrogens (tertiary/aromatic N) is 4. The van der Waals surface area contributed by atoms with E-state index in [1.165, 1.54) is 23.1 Å². The highest BCUT2D eigenvalue weighted by molar-refractivity contribution is 7.99. The normalized spacial score (nSPS) is 14.1. The van der Waals surface area contributed by atoms with Gasteiger partial charge in [-0.2, -0.15) is 0 Å². The number of fused-ring (bicyclic) bond motifs is 1. The molecule has 0 radical (unpaired) electrons. The minimum atomic E-state index is -4.59. The third-order valence-electron chi connectivity index (χ3n) is 4.18. The van der Waals surface area contributed by atoms with Crippen LogP contribution in [0.2, 0.25) is 0 Å². The second-order valence-corrected chi connectivity index (χ2v) is 10.9. The number of pyridine rings is 1. The second kappa shape index (κ2) is 10.2. The molecule has 168 valence electrons. The Morgan fingerprint density at radius 2 is 2.03 bits per heavy atom. The van der Waals surface area contributed by atoms with Gasteiger partial charge in [0.25, 0.3) is 0 Å². The number of phosphoric acid groups is 1. The minimum absolute atomic E-state index is 0.00642. The molecular weight excluding hydrogens is 459 g/mol. The Morgan fingerprint density at radius 3 is 2.68 bits per heavy atom. The number of thiazole rings is 1. The molecule has 3 aromatic heterocycles. The molecule has 5 N–H and O–H groups in total. The van der Waals surface area contributed by atoms with E-state index >= 15 is 0 Å². The Hall–Kier alpha value is -1.82. The molecule has 10 nitrogen and oxygen atoms in total. The van der Waals surface area contributed by atoms with E-state index in [2.05, 4.69) is 25.3 Å². The number of rotatable bonds is 10. The molecule has 0 saturated heterocycles. The van der Waals surface area contributed by atoms with Crippen molar-refractivity contribution in [3.63, 3.8) is 0 Å². The van der Waals surface area contributed by atoms with Crippen molar-refractivity contribution in [2.45, 2.75) is 43.6 Å². The van der Waals surface area contributed by atoms with E-state index in [4.69, 9.17) is 20.0 Å². The highest BCUT2D eigenvalue weighted by atomic mass is 32.2. The number of aromatic nitrogens is 4. The van der Waals surface area contributed by atoms with Gasteiger partial charge in [-0.15, -0.1) is 0 Å². The van der Waals surface area contributed by atoms with E-state index in [9.17, 15) is 4.57 Å². The summed E-state index contributed by atoms with van der Waals surface area (Å²) < 4.78 is 16.6. The number of hydrogen-bond donors (Lipinski definition) is 4. The summed E-state index contributed by atoms with van der Waals surface area (Å²) in [4.78, 5) is 36.0. The molecular formula is C18H25N6O4PS2. The number of nitrogen functional groups attached to an aromatic ring is 1. The van der Waals surface area contributed by atoms with Gasteiger partial charge in [-0.05, 0) is 31.4 Å². The maximum absolute atomic E-state index is 11.2. The molecule has 31 heavy (non-hydrogen) atoms. The molecule has 0 aliphatic heterocycles. The van der Waals surface area contributed by atoms with Crippen LogP contribution in [0.4, 0.5) is 10.9 Å². The zero-order valence-corrected chi connectivity index (χ0v) is 19.8. The predicted molar refractivity (Wildman–Crippen MR) is 123 cm³/mol. The van der Waals surface area contributed by atoms with Crippen molar-refractivity contribution in [3.05, 3.63) is 30.1 Å². The summed E-state index contributed by atoms with van der Waals surface area (Å²) in [6.07, 6.45) is 2.36. The smallest absolute Gasteiger partial charge is 0.375 e. The molecule has 0 bridgehead atoms. The van der Waals surface area contributed by atoms with Gasteiger partial charge < -0.3 is 20.8 Å². The van der Waals surface area contributed by atoms with Crippen LogP contribution in [0.15, 0.2) is 29.6 Å². The summed E-state index contributed by atoms with van der Waals surface area (Å²) in [7, 11) is -4.59. The van der Waals surface area contributed by atoms with E-state index in [0.717, 1.165) is 5.69 Å². The number of anilines is 2. The van der Waals surface area contributed by atoms with Gasteiger partial charge in [-0.3, -0.25) is 9.51 Å². The predicted octanol–water partition coefficient (Wildman–Crippen LogP) is 3.85. The lowest BCUT2D eigenvalue weighted by atomic mass is 10.0. The fourth-order valence-electron chi connectivity index (χ4n) is 2.92. The Morgan fingerprint density at radius 1 is 1.26 bits per heavy atom. The fourth-order valence-corrected chi connectivity index (χ4v) is 4.88. The standard InChI is InChI=1S/C18H25N6O4PS2/c1-10(2)8-12(9-28-29(25,26)27)21-15-14-16(22-17(19)31-14)24-18(23-15)30-11(3)13-6-4-5-7-20-13/h4-7,10-12H,8-9H2,1-3H3,(H2,25,26,27)(H3,19,21,22,23,24). The van der Waals surface area contributed by atoms with Crippen LogP contribution in [0.5, 0.6) is 0 Å². The monoisotopic (exact) mass is 484 g/mol. The molecule has 2 unspecified atom stereocenters. The zero-order valence-electron chi connectivity index (χ0n) is 17.3. The van der Waals surface area contributed by atoms with Crippen LogP contribution in [-0.2, 0) is 9.09 Å². The second-order valence-electron chi connectivity index (χ2n) is 7.33. The quantitative estimate of drug-likeness (QED) is 0.188. The number of phosphoric ester groups is 1. The van der Waals surface area contributed by atoms with Crippen LogP contribution in [0.1, 0.15) is 38.1 Å². The van der Waals surface area contributed by atoms with Crippen molar-refractivity contribution < 1.29 is 18.9 Å². The molecule has 0 aromatic carbocycles. The fraction of sp³-hybridized carbons (Fsp3) is 0.444. The summed E-state index contributed by atoms with van der Waals surface area (Å²) in [5.41, 5.74) is 7.26. The van der Waals surface area contributed by atoms with Gasteiger partial charge in [-0.1, -0.05) is 43.0 Å². The average molecular weight is 485 g/mol. The third kappa shape index (κ3) is 7.09. The molecule has 0 aliphatic carbocycles. The molecule has 3 heterocycles. The van der Waals surface area contributed by atoms with Crippen molar-refractivity contribution in [2.75, 3.05) is 17.7 Å². The van der Waals surface area contributed by atoms with Crippen LogP contribution in [0, 0.1) is 5.92 Å². The lowest BCUT2D eigenvalue weighted by Gasteiger charge is -2.22. The van der Waals surface area contributed by atoms with Crippen LogP contribution in [0.3, 0.4) is 0 Å². The molecule has 3 aromatic rings. The first-order valence-electron chi connectivity index (χ1n) is 9.59. The average Bonchev–Trinajstić information content (AvgIpc) is 3.06. The van der Waals surface area contributed by atoms with Crippen molar-refractivity contribution in [3.8, 4) is 0 Å². The maximum atomic E-state index is 11.2. The summed E-state index contributed by atoms with van der Waals surface area (Å²) in [6, 6.07) is 5.35. The van der Waals surface area contributed by atoms with Crippen LogP contribution in [0.25, 0.3) is 10.3 Å². The van der Waals surface area contributed by atoms with Crippen molar-refractivity contribution in [2.24, 2.45) is 5.92 Å². The van der Waals surface area contributed by atoms with Crippen LogP contribution in [-0.4, -0.2) is 42.4 Å². The molecule has 13 heteroatoms. The number of hydrogen-bond acceptors (Lipinski definition) is 10. The Labute approximate surface area is 188 Å². The Bertz CT molecular complexity index is 1060. The maximum Gasteiger partial charge on any atom is 0.469 e. The lowest BCUT2D eigenvalue weighted by molar-refractivity contribution is 0.184. The number of nitrogens with one attached hydrogen (secondary N) is 1. The summed E-state index contributed by atoms with van der Waals surface area (Å²) in [5.74, 6) is 0.773. The molecule has 3 rings (SSSR count). The molecule has 0 spiro atoms. The van der Waals surface area contributed by atoms with Crippen molar-refractivity contribution >= 4 is 52.2 Å². The molecule has 0 saturated carbocycles. The lowest BCUT2D eigenvalue weighted by Crippen LogP contribution is -2.27. The van der Waals surface area contributed by atoms with E-state index in [-0.39, 0.29) is 23.8 Å². The highest BCUT2D eigenvalue weighted by Crippen LogP contribution is 2.38. The van der Waals surface area contributed by atoms with E-state index in [1.54, 1.807) is 6.20 Å². The summed E-state index contributed by atoms with van der Waals surface area (Å²) >= 11 is 2.69. The number of thioether (sulfide) groups is 1. The van der Waals surface area contributed by atoms with Gasteiger partial charge in [-0.25, -0.2) is 19.5 Å². The van der Waals surface area contributed by atoms with E-state index < -0.39 is 7.82 Å². The van der Waals surface area contributed by atoms with Gasteiger partial charge in [0.2, 0.25) is 0 Å². The zero-order chi connectivity index (χ0) is 22.6. The molecule has 0 amide bonds. The Kier molecular flexibility index (Phi) is 7.84. The first kappa shape index (κ1) is 23.8. The summed E-state index contributed by atoms with van der Waals surface area (Å²) in [5, 5.41) is 4.12. The summed E-state index contributed by atoms with van der Waals surface area (Å²) in [6.45, 7) is 5.87. The first-order valence-corrected chi connectivity index (χ1v) is 12.8. The topological polar surface area (TPSA) is 156 Å².